The molecule has 0 bridgehead atoms. The Labute approximate surface area is 161 Å². The number of nitrogens with two attached hydrogens (primary N) is 1. The maximum atomic E-state index is 6.75. The van der Waals surface area contributed by atoms with Crippen molar-refractivity contribution in [2.45, 2.75) is 38.8 Å². The van der Waals surface area contributed by atoms with Crippen LogP contribution in [0.3, 0.4) is 0 Å². The van der Waals surface area contributed by atoms with Gasteiger partial charge in [-0.25, -0.2) is 9.97 Å². The van der Waals surface area contributed by atoms with Crippen molar-refractivity contribution in [3.8, 4) is 0 Å². The van der Waals surface area contributed by atoms with Gasteiger partial charge in [0.2, 0.25) is 0 Å². The van der Waals surface area contributed by atoms with Crippen LogP contribution in [0.25, 0.3) is 10.9 Å². The van der Waals surface area contributed by atoms with Gasteiger partial charge in [0.05, 0.1) is 17.3 Å². The predicted molar refractivity (Wildman–Crippen MR) is 110 cm³/mol. The van der Waals surface area contributed by atoms with Gasteiger partial charge in [0.25, 0.3) is 0 Å². The third kappa shape index (κ3) is 4.02. The van der Waals surface area contributed by atoms with Gasteiger partial charge in [0, 0.05) is 18.4 Å². The van der Waals surface area contributed by atoms with Crippen LogP contribution in [-0.4, -0.2) is 28.0 Å². The molecule has 2 aromatic carbocycles. The lowest BCUT2D eigenvalue weighted by atomic mass is 9.86. The fourth-order valence-corrected chi connectivity index (χ4v) is 4.10. The van der Waals surface area contributed by atoms with Gasteiger partial charge in [0.15, 0.2) is 0 Å². The predicted octanol–water partition coefficient (Wildman–Crippen LogP) is 4.10. The number of piperidine rings is 1. The van der Waals surface area contributed by atoms with E-state index in [0.29, 0.717) is 5.92 Å². The molecule has 4 nitrogen and oxygen atoms in total. The van der Waals surface area contributed by atoms with E-state index in [9.17, 15) is 0 Å². The number of hydrogen-bond donors (Lipinski definition) is 1. The van der Waals surface area contributed by atoms with Crippen LogP contribution in [0, 0.1) is 5.92 Å². The number of hydrogen-bond acceptors (Lipinski definition) is 4. The molecule has 1 atom stereocenters. The lowest BCUT2D eigenvalue weighted by molar-refractivity contribution is 0.162. The summed E-state index contributed by atoms with van der Waals surface area (Å²) in [5.41, 5.74) is 10.2. The topological polar surface area (TPSA) is 55.0 Å². The Balaban J connectivity index is 1.48. The quantitative estimate of drug-likeness (QED) is 0.744. The Morgan fingerprint density at radius 2 is 1.70 bits per heavy atom. The third-order valence-corrected chi connectivity index (χ3v) is 5.70. The maximum absolute atomic E-state index is 6.75. The summed E-state index contributed by atoms with van der Waals surface area (Å²) >= 11 is 0. The van der Waals surface area contributed by atoms with Gasteiger partial charge in [0.1, 0.15) is 5.82 Å². The van der Waals surface area contributed by atoms with Crippen LogP contribution < -0.4 is 5.73 Å². The number of fused-ring (bicyclic) bond motifs is 1. The van der Waals surface area contributed by atoms with Gasteiger partial charge in [-0.2, -0.15) is 0 Å². The number of rotatable bonds is 5. The molecule has 1 aliphatic heterocycles. The summed E-state index contributed by atoms with van der Waals surface area (Å²) in [6.45, 7) is 5.31. The van der Waals surface area contributed by atoms with E-state index in [0.717, 1.165) is 61.3 Å². The Bertz CT molecular complexity index is 885. The number of aromatic nitrogens is 2. The second kappa shape index (κ2) is 8.15. The lowest BCUT2D eigenvalue weighted by Crippen LogP contribution is -2.37. The Hall–Kier alpha value is -2.30. The highest BCUT2D eigenvalue weighted by Crippen LogP contribution is 2.32. The summed E-state index contributed by atoms with van der Waals surface area (Å²) in [5, 5.41) is 1.11. The minimum absolute atomic E-state index is 0.0259. The molecule has 3 aromatic rings. The molecule has 1 unspecified atom stereocenters. The van der Waals surface area contributed by atoms with Crippen molar-refractivity contribution in [2.75, 3.05) is 13.1 Å². The van der Waals surface area contributed by atoms with Crippen LogP contribution in [0.15, 0.2) is 54.6 Å². The summed E-state index contributed by atoms with van der Waals surface area (Å²) in [6.07, 6.45) is 3.07. The second-order valence-corrected chi connectivity index (χ2v) is 7.52. The molecule has 1 saturated heterocycles. The van der Waals surface area contributed by atoms with E-state index in [1.807, 2.05) is 6.07 Å². The van der Waals surface area contributed by atoms with Gasteiger partial charge < -0.3 is 5.73 Å². The average molecular weight is 361 g/mol. The van der Waals surface area contributed by atoms with E-state index in [1.54, 1.807) is 0 Å². The van der Waals surface area contributed by atoms with Crippen molar-refractivity contribution in [3.63, 3.8) is 0 Å². The van der Waals surface area contributed by atoms with Crippen LogP contribution in [0.5, 0.6) is 0 Å². The van der Waals surface area contributed by atoms with Crippen molar-refractivity contribution in [3.05, 3.63) is 71.7 Å². The average Bonchev–Trinajstić information content (AvgIpc) is 2.73. The van der Waals surface area contributed by atoms with Crippen molar-refractivity contribution >= 4 is 10.9 Å². The van der Waals surface area contributed by atoms with Crippen molar-refractivity contribution in [2.24, 2.45) is 11.7 Å². The molecule has 2 N–H and O–H groups in total. The highest BCUT2D eigenvalue weighted by Gasteiger charge is 2.27. The molecule has 0 saturated carbocycles. The Morgan fingerprint density at radius 3 is 2.44 bits per heavy atom. The number of para-hydroxylation sites is 1. The number of aryl methyl sites for hydroxylation is 1. The van der Waals surface area contributed by atoms with Crippen LogP contribution in [0.2, 0.25) is 0 Å². The standard InChI is InChI=1S/C23H28N4/c1-2-21-25-20-11-7-6-10-19(20)23(26-21)22(24)18-12-14-27(15-13-18)16-17-8-4-3-5-9-17/h3-11,18,22H,2,12-16,24H2,1H3. The summed E-state index contributed by atoms with van der Waals surface area (Å²) in [6, 6.07) is 18.9. The molecule has 140 valence electrons. The first kappa shape index (κ1) is 18.1. The van der Waals surface area contributed by atoms with E-state index in [2.05, 4.69) is 65.3 Å². The molecule has 1 aromatic heterocycles. The van der Waals surface area contributed by atoms with Crippen molar-refractivity contribution in [1.82, 2.24) is 14.9 Å². The van der Waals surface area contributed by atoms with E-state index in [4.69, 9.17) is 10.7 Å². The van der Waals surface area contributed by atoms with Crippen LogP contribution in [0.4, 0.5) is 0 Å². The molecular weight excluding hydrogens is 332 g/mol. The van der Waals surface area contributed by atoms with E-state index >= 15 is 0 Å². The van der Waals surface area contributed by atoms with E-state index < -0.39 is 0 Å². The SMILES string of the molecule is CCc1nc(C(N)C2CCN(Cc3ccccc3)CC2)c2ccccc2n1. The molecular formula is C23H28N4. The molecule has 27 heavy (non-hydrogen) atoms. The largest absolute Gasteiger partial charge is 0.322 e. The molecule has 0 aliphatic carbocycles. The highest BCUT2D eigenvalue weighted by molar-refractivity contribution is 5.81. The fourth-order valence-electron chi connectivity index (χ4n) is 4.10. The lowest BCUT2D eigenvalue weighted by Gasteiger charge is -2.35. The number of nitrogens with zero attached hydrogens (tertiary/aromatic N) is 3. The van der Waals surface area contributed by atoms with Gasteiger partial charge in [-0.15, -0.1) is 0 Å². The smallest absolute Gasteiger partial charge is 0.129 e. The van der Waals surface area contributed by atoms with E-state index in [-0.39, 0.29) is 6.04 Å². The molecule has 1 aliphatic rings. The molecule has 4 rings (SSSR count). The summed E-state index contributed by atoms with van der Waals surface area (Å²) in [7, 11) is 0. The van der Waals surface area contributed by atoms with Gasteiger partial charge in [-0.3, -0.25) is 4.90 Å². The Morgan fingerprint density at radius 1 is 1.00 bits per heavy atom. The minimum Gasteiger partial charge on any atom is -0.322 e. The zero-order valence-corrected chi connectivity index (χ0v) is 16.0. The zero-order valence-electron chi connectivity index (χ0n) is 16.0. The normalized spacial score (nSPS) is 17.3. The van der Waals surface area contributed by atoms with Gasteiger partial charge in [-0.05, 0) is 43.5 Å². The maximum Gasteiger partial charge on any atom is 0.129 e. The highest BCUT2D eigenvalue weighted by atomic mass is 15.1. The first-order valence-corrected chi connectivity index (χ1v) is 10.0. The molecule has 4 heteroatoms. The van der Waals surface area contributed by atoms with E-state index in [1.165, 1.54) is 5.56 Å². The van der Waals surface area contributed by atoms with Crippen LogP contribution in [-0.2, 0) is 13.0 Å². The van der Waals surface area contributed by atoms with Gasteiger partial charge in [-0.1, -0.05) is 55.5 Å². The minimum atomic E-state index is -0.0259. The Kier molecular flexibility index (Phi) is 5.46. The molecule has 0 spiro atoms. The second-order valence-electron chi connectivity index (χ2n) is 7.52. The summed E-state index contributed by atoms with van der Waals surface area (Å²) in [4.78, 5) is 12.0. The zero-order chi connectivity index (χ0) is 18.6. The molecule has 0 amide bonds. The summed E-state index contributed by atoms with van der Waals surface area (Å²) in [5.74, 6) is 1.36. The molecule has 1 fully saturated rings. The number of likely N-dealkylation sites (tertiary alicyclic amines) is 1. The van der Waals surface area contributed by atoms with Crippen molar-refractivity contribution in [1.29, 1.82) is 0 Å². The fraction of sp³-hybridized carbons (Fsp3) is 0.391. The van der Waals surface area contributed by atoms with Crippen molar-refractivity contribution < 1.29 is 0 Å². The first-order chi connectivity index (χ1) is 13.2. The first-order valence-electron chi connectivity index (χ1n) is 10.0. The molecule has 0 radical (unpaired) electrons. The third-order valence-electron chi connectivity index (χ3n) is 5.70. The summed E-state index contributed by atoms with van der Waals surface area (Å²) < 4.78 is 0. The number of benzene rings is 2. The molecule has 2 heterocycles. The van der Waals surface area contributed by atoms with Crippen LogP contribution >= 0.6 is 0 Å². The van der Waals surface area contributed by atoms with Crippen LogP contribution in [0.1, 0.15) is 42.9 Å². The monoisotopic (exact) mass is 360 g/mol. The van der Waals surface area contributed by atoms with Gasteiger partial charge >= 0.3 is 0 Å².